The second kappa shape index (κ2) is 7.73. The zero-order chi connectivity index (χ0) is 16.8. The van der Waals surface area contributed by atoms with E-state index in [9.17, 15) is 9.59 Å². The summed E-state index contributed by atoms with van der Waals surface area (Å²) in [7, 11) is 0. The molecule has 2 rings (SSSR count). The van der Waals surface area contributed by atoms with Crippen LogP contribution in [-0.2, 0) is 4.79 Å². The highest BCUT2D eigenvalue weighted by Crippen LogP contribution is 2.26. The molecule has 0 aliphatic rings. The van der Waals surface area contributed by atoms with Crippen LogP contribution in [0.3, 0.4) is 0 Å². The molecule has 2 N–H and O–H groups in total. The number of nitrogens with zero attached hydrogens (tertiary/aromatic N) is 1. The first kappa shape index (κ1) is 17.0. The van der Waals surface area contributed by atoms with Crippen molar-refractivity contribution in [3.63, 3.8) is 0 Å². The van der Waals surface area contributed by atoms with Crippen LogP contribution in [0.5, 0.6) is 5.75 Å². The van der Waals surface area contributed by atoms with Crippen molar-refractivity contribution in [2.45, 2.75) is 20.0 Å². The van der Waals surface area contributed by atoms with Gasteiger partial charge in [-0.15, -0.1) is 0 Å². The number of aromatic nitrogens is 1. The number of ether oxygens (including phenoxy) is 1. The summed E-state index contributed by atoms with van der Waals surface area (Å²) in [6.07, 6.45) is 0.718. The molecule has 0 saturated heterocycles. The molecule has 6 nitrogen and oxygen atoms in total. The number of halogens is 1. The Labute approximate surface area is 142 Å². The van der Waals surface area contributed by atoms with Gasteiger partial charge in [0.1, 0.15) is 11.4 Å². The van der Waals surface area contributed by atoms with E-state index >= 15 is 0 Å². The maximum Gasteiger partial charge on any atom is 0.288 e. The van der Waals surface area contributed by atoms with Gasteiger partial charge < -0.3 is 4.74 Å². The third-order valence-electron chi connectivity index (χ3n) is 2.96. The van der Waals surface area contributed by atoms with E-state index in [2.05, 4.69) is 31.8 Å². The van der Waals surface area contributed by atoms with E-state index in [4.69, 9.17) is 4.74 Å². The number of carbonyl (C=O) groups is 2. The van der Waals surface area contributed by atoms with E-state index in [-0.39, 0.29) is 5.69 Å². The SMILES string of the molecule is Cc1ccc(O[C@@H](C)C(=O)NNC(=O)c2ccccn2)c(Br)c1. The number of amides is 2. The van der Waals surface area contributed by atoms with E-state index in [1.807, 2.05) is 19.1 Å². The third-order valence-corrected chi connectivity index (χ3v) is 3.58. The Morgan fingerprint density at radius 3 is 2.65 bits per heavy atom. The molecule has 0 saturated carbocycles. The zero-order valence-corrected chi connectivity index (χ0v) is 14.3. The molecule has 0 fully saturated rings. The minimum Gasteiger partial charge on any atom is -0.480 e. The number of hydrogen-bond donors (Lipinski definition) is 2. The van der Waals surface area contributed by atoms with Gasteiger partial charge in [-0.25, -0.2) is 0 Å². The summed E-state index contributed by atoms with van der Waals surface area (Å²) in [5.41, 5.74) is 5.89. The van der Waals surface area contributed by atoms with Crippen molar-refractivity contribution in [2.75, 3.05) is 0 Å². The molecule has 1 heterocycles. The van der Waals surface area contributed by atoms with Gasteiger partial charge in [0.15, 0.2) is 6.10 Å². The predicted octanol–water partition coefficient (Wildman–Crippen LogP) is 2.38. The molecule has 120 valence electrons. The number of hydrazine groups is 1. The van der Waals surface area contributed by atoms with Crippen LogP contribution in [0.1, 0.15) is 23.0 Å². The summed E-state index contributed by atoms with van der Waals surface area (Å²) in [6.45, 7) is 3.55. The van der Waals surface area contributed by atoms with Crippen LogP contribution in [0, 0.1) is 6.92 Å². The Hall–Kier alpha value is -2.41. The highest BCUT2D eigenvalue weighted by atomic mass is 79.9. The molecule has 0 aliphatic carbocycles. The monoisotopic (exact) mass is 377 g/mol. The summed E-state index contributed by atoms with van der Waals surface area (Å²) < 4.78 is 6.33. The highest BCUT2D eigenvalue weighted by molar-refractivity contribution is 9.10. The first-order valence-corrected chi connectivity index (χ1v) is 7.70. The van der Waals surface area contributed by atoms with Crippen LogP contribution in [0.25, 0.3) is 0 Å². The molecule has 0 aliphatic heterocycles. The molecule has 1 atom stereocenters. The maximum atomic E-state index is 12.0. The van der Waals surface area contributed by atoms with Crippen LogP contribution in [0.4, 0.5) is 0 Å². The Morgan fingerprint density at radius 2 is 2.00 bits per heavy atom. The first-order valence-electron chi connectivity index (χ1n) is 6.91. The van der Waals surface area contributed by atoms with Crippen LogP contribution in [-0.4, -0.2) is 22.9 Å². The van der Waals surface area contributed by atoms with Gasteiger partial charge in [-0.05, 0) is 59.6 Å². The van der Waals surface area contributed by atoms with E-state index in [1.54, 1.807) is 31.2 Å². The Morgan fingerprint density at radius 1 is 1.22 bits per heavy atom. The Kier molecular flexibility index (Phi) is 5.70. The lowest BCUT2D eigenvalue weighted by Gasteiger charge is -2.16. The minimum absolute atomic E-state index is 0.211. The molecule has 23 heavy (non-hydrogen) atoms. The van der Waals surface area contributed by atoms with Crippen molar-refractivity contribution in [1.29, 1.82) is 0 Å². The average molecular weight is 378 g/mol. The molecular formula is C16H16BrN3O3. The maximum absolute atomic E-state index is 12.0. The fourth-order valence-corrected chi connectivity index (χ4v) is 2.31. The van der Waals surface area contributed by atoms with Crippen molar-refractivity contribution >= 4 is 27.7 Å². The van der Waals surface area contributed by atoms with Gasteiger partial charge in [-0.2, -0.15) is 0 Å². The third kappa shape index (κ3) is 4.79. The van der Waals surface area contributed by atoms with E-state index < -0.39 is 17.9 Å². The molecule has 0 radical (unpaired) electrons. The quantitative estimate of drug-likeness (QED) is 0.801. The predicted molar refractivity (Wildman–Crippen MR) is 88.8 cm³/mol. The van der Waals surface area contributed by atoms with Crippen molar-refractivity contribution in [1.82, 2.24) is 15.8 Å². The lowest BCUT2D eigenvalue weighted by Crippen LogP contribution is -2.47. The summed E-state index contributed by atoms with van der Waals surface area (Å²) in [6, 6.07) is 10.5. The lowest BCUT2D eigenvalue weighted by atomic mass is 10.2. The number of hydrogen-bond acceptors (Lipinski definition) is 4. The van der Waals surface area contributed by atoms with Gasteiger partial charge in [0.25, 0.3) is 11.8 Å². The molecular weight excluding hydrogens is 362 g/mol. The summed E-state index contributed by atoms with van der Waals surface area (Å²) in [5, 5.41) is 0. The minimum atomic E-state index is -0.780. The molecule has 1 aromatic carbocycles. The first-order chi connectivity index (χ1) is 11.0. The fourth-order valence-electron chi connectivity index (χ4n) is 1.73. The number of nitrogens with one attached hydrogen (secondary N) is 2. The topological polar surface area (TPSA) is 80.3 Å². The molecule has 2 aromatic rings. The summed E-state index contributed by atoms with van der Waals surface area (Å²) >= 11 is 3.38. The number of benzene rings is 1. The van der Waals surface area contributed by atoms with E-state index in [0.717, 1.165) is 10.0 Å². The van der Waals surface area contributed by atoms with Crippen molar-refractivity contribution in [3.8, 4) is 5.75 Å². The van der Waals surface area contributed by atoms with Crippen molar-refractivity contribution < 1.29 is 14.3 Å². The van der Waals surface area contributed by atoms with Crippen LogP contribution in [0.15, 0.2) is 47.1 Å². The average Bonchev–Trinajstić information content (AvgIpc) is 2.55. The zero-order valence-electron chi connectivity index (χ0n) is 12.7. The Balaban J connectivity index is 1.89. The molecule has 0 unspecified atom stereocenters. The number of pyridine rings is 1. The number of carbonyl (C=O) groups excluding carboxylic acids is 2. The van der Waals surface area contributed by atoms with Crippen LogP contribution >= 0.6 is 15.9 Å². The van der Waals surface area contributed by atoms with E-state index in [1.165, 1.54) is 6.20 Å². The highest BCUT2D eigenvalue weighted by Gasteiger charge is 2.17. The summed E-state index contributed by atoms with van der Waals surface area (Å²) in [4.78, 5) is 27.6. The largest absolute Gasteiger partial charge is 0.480 e. The number of rotatable bonds is 4. The van der Waals surface area contributed by atoms with Gasteiger partial charge in [-0.3, -0.25) is 25.4 Å². The second-order valence-corrected chi connectivity index (χ2v) is 5.71. The van der Waals surface area contributed by atoms with Gasteiger partial charge in [0.05, 0.1) is 4.47 Å². The lowest BCUT2D eigenvalue weighted by molar-refractivity contribution is -0.128. The fraction of sp³-hybridized carbons (Fsp3) is 0.188. The van der Waals surface area contributed by atoms with Crippen LogP contribution < -0.4 is 15.6 Å². The van der Waals surface area contributed by atoms with Gasteiger partial charge >= 0.3 is 0 Å². The smallest absolute Gasteiger partial charge is 0.288 e. The van der Waals surface area contributed by atoms with Gasteiger partial charge in [0, 0.05) is 6.20 Å². The summed E-state index contributed by atoms with van der Waals surface area (Å²) in [5.74, 6) is -0.418. The molecule has 7 heteroatoms. The van der Waals surface area contributed by atoms with Crippen molar-refractivity contribution in [2.24, 2.45) is 0 Å². The molecule has 0 spiro atoms. The van der Waals surface area contributed by atoms with Gasteiger partial charge in [0.2, 0.25) is 0 Å². The molecule has 2 amide bonds. The van der Waals surface area contributed by atoms with Crippen LogP contribution in [0.2, 0.25) is 0 Å². The van der Waals surface area contributed by atoms with Gasteiger partial charge in [-0.1, -0.05) is 12.1 Å². The standard InChI is InChI=1S/C16H16BrN3O3/c1-10-6-7-14(12(17)9-10)23-11(2)15(21)19-20-16(22)13-5-3-4-8-18-13/h3-9,11H,1-2H3,(H,19,21)(H,20,22)/t11-/m0/s1. The van der Waals surface area contributed by atoms with E-state index in [0.29, 0.717) is 5.75 Å². The molecule has 0 bridgehead atoms. The number of aryl methyl sites for hydroxylation is 1. The Bertz CT molecular complexity index is 707. The second-order valence-electron chi connectivity index (χ2n) is 4.85. The van der Waals surface area contributed by atoms with Crippen molar-refractivity contribution in [3.05, 3.63) is 58.3 Å². The normalized spacial score (nSPS) is 11.4. The molecule has 1 aromatic heterocycles.